The Morgan fingerprint density at radius 2 is 2.09 bits per heavy atom. The molecule has 2 aliphatic carbocycles. The molecule has 1 aromatic heterocycles. The summed E-state index contributed by atoms with van der Waals surface area (Å²) in [5.74, 6) is 1.48. The zero-order chi connectivity index (χ0) is 15.1. The first-order valence-corrected chi connectivity index (χ1v) is 8.86. The molecule has 3 atom stereocenters. The summed E-state index contributed by atoms with van der Waals surface area (Å²) in [6.07, 6.45) is 4.23. The van der Waals surface area contributed by atoms with E-state index in [-0.39, 0.29) is 11.8 Å². The van der Waals surface area contributed by atoms with E-state index in [4.69, 9.17) is 0 Å². The lowest BCUT2D eigenvalue weighted by atomic mass is 9.85. The summed E-state index contributed by atoms with van der Waals surface area (Å²) >= 11 is 1.67. The van der Waals surface area contributed by atoms with Crippen molar-refractivity contribution in [3.05, 3.63) is 46.5 Å². The molecule has 0 unspecified atom stereocenters. The van der Waals surface area contributed by atoms with Gasteiger partial charge < -0.3 is 5.32 Å². The van der Waals surface area contributed by atoms with Crippen LogP contribution in [0.2, 0.25) is 0 Å². The molecule has 0 radical (unpaired) electrons. The summed E-state index contributed by atoms with van der Waals surface area (Å²) in [6, 6.07) is 10.7. The number of amides is 1. The highest BCUT2D eigenvalue weighted by molar-refractivity contribution is 7.15. The van der Waals surface area contributed by atoms with E-state index in [0.717, 1.165) is 30.8 Å². The fourth-order valence-electron chi connectivity index (χ4n) is 3.32. The van der Waals surface area contributed by atoms with Crippen molar-refractivity contribution in [2.75, 3.05) is 5.32 Å². The van der Waals surface area contributed by atoms with Gasteiger partial charge in [0.2, 0.25) is 5.91 Å². The molecule has 0 saturated heterocycles. The lowest BCUT2D eigenvalue weighted by Crippen LogP contribution is -2.14. The van der Waals surface area contributed by atoms with Gasteiger partial charge in [-0.1, -0.05) is 37.3 Å². The second kappa shape index (κ2) is 5.51. The number of aromatic nitrogens is 1. The number of anilines is 1. The van der Waals surface area contributed by atoms with E-state index in [1.807, 2.05) is 0 Å². The average molecular weight is 312 g/mol. The number of nitrogens with zero attached hydrogens (tertiary/aromatic N) is 1. The molecule has 4 rings (SSSR count). The standard InChI is InChI=1S/C18H20N2OS/c1-11-9-14(11)17(21)20-18-19-15-8-7-13(10-16(15)22-18)12-5-3-2-4-6-12/h2-6,11,13-14H,7-10H2,1H3,(H,19,20,21)/t11-,13+,14-/m1/s1. The molecule has 1 saturated carbocycles. The minimum absolute atomic E-state index is 0.151. The topological polar surface area (TPSA) is 42.0 Å². The maximum Gasteiger partial charge on any atom is 0.229 e. The molecular formula is C18H20N2OS. The van der Waals surface area contributed by atoms with Crippen LogP contribution >= 0.6 is 11.3 Å². The monoisotopic (exact) mass is 312 g/mol. The van der Waals surface area contributed by atoms with E-state index in [9.17, 15) is 4.79 Å². The molecule has 114 valence electrons. The van der Waals surface area contributed by atoms with Crippen molar-refractivity contribution in [1.82, 2.24) is 4.98 Å². The van der Waals surface area contributed by atoms with E-state index in [1.165, 1.54) is 16.1 Å². The van der Waals surface area contributed by atoms with Crippen LogP contribution in [-0.2, 0) is 17.6 Å². The minimum Gasteiger partial charge on any atom is -0.302 e. The second-order valence-corrected chi connectivity index (χ2v) is 7.63. The van der Waals surface area contributed by atoms with Gasteiger partial charge in [-0.2, -0.15) is 0 Å². The van der Waals surface area contributed by atoms with Gasteiger partial charge in [-0.05, 0) is 43.1 Å². The van der Waals surface area contributed by atoms with Crippen LogP contribution in [0, 0.1) is 11.8 Å². The predicted octanol–water partition coefficient (Wildman–Crippen LogP) is 4.01. The number of carbonyl (C=O) groups is 1. The molecule has 1 N–H and O–H groups in total. The fraction of sp³-hybridized carbons (Fsp3) is 0.444. The summed E-state index contributed by atoms with van der Waals surface area (Å²) in [4.78, 5) is 18.0. The Kier molecular flexibility index (Phi) is 3.49. The Hall–Kier alpha value is -1.68. The summed E-state index contributed by atoms with van der Waals surface area (Å²) in [5, 5.41) is 3.81. The van der Waals surface area contributed by atoms with Crippen molar-refractivity contribution < 1.29 is 4.79 Å². The van der Waals surface area contributed by atoms with E-state index in [1.54, 1.807) is 11.3 Å². The van der Waals surface area contributed by atoms with Gasteiger partial charge in [-0.25, -0.2) is 4.98 Å². The number of benzene rings is 1. The van der Waals surface area contributed by atoms with Gasteiger partial charge in [-0.3, -0.25) is 4.79 Å². The van der Waals surface area contributed by atoms with Gasteiger partial charge in [0, 0.05) is 10.8 Å². The average Bonchev–Trinajstić information content (AvgIpc) is 3.13. The molecule has 3 nitrogen and oxygen atoms in total. The van der Waals surface area contributed by atoms with Crippen molar-refractivity contribution in [1.29, 1.82) is 0 Å². The largest absolute Gasteiger partial charge is 0.302 e. The SMILES string of the molecule is C[C@@H]1C[C@H]1C(=O)Nc1nc2c(s1)C[C@@H](c1ccccc1)CC2. The van der Waals surface area contributed by atoms with E-state index in [2.05, 4.69) is 47.6 Å². The summed E-state index contributed by atoms with van der Waals surface area (Å²) < 4.78 is 0. The number of hydrogen-bond donors (Lipinski definition) is 1. The maximum absolute atomic E-state index is 12.0. The highest BCUT2D eigenvalue weighted by atomic mass is 32.1. The highest BCUT2D eigenvalue weighted by Crippen LogP contribution is 2.40. The van der Waals surface area contributed by atoms with Crippen LogP contribution in [0.1, 0.15) is 41.8 Å². The molecule has 1 amide bonds. The highest BCUT2D eigenvalue weighted by Gasteiger charge is 2.39. The number of thiazole rings is 1. The molecule has 1 aromatic carbocycles. The first kappa shape index (κ1) is 13.9. The Morgan fingerprint density at radius 3 is 2.82 bits per heavy atom. The molecular weight excluding hydrogens is 292 g/mol. The molecule has 2 aromatic rings. The lowest BCUT2D eigenvalue weighted by Gasteiger charge is -2.21. The Balaban J connectivity index is 1.47. The smallest absolute Gasteiger partial charge is 0.229 e. The number of fused-ring (bicyclic) bond motifs is 1. The fourth-order valence-corrected chi connectivity index (χ4v) is 4.41. The molecule has 0 bridgehead atoms. The van der Waals surface area contributed by atoms with Crippen LogP contribution in [0.4, 0.5) is 5.13 Å². The third kappa shape index (κ3) is 2.68. The first-order valence-electron chi connectivity index (χ1n) is 8.05. The van der Waals surface area contributed by atoms with Gasteiger partial charge in [-0.15, -0.1) is 11.3 Å². The number of hydrogen-bond acceptors (Lipinski definition) is 3. The van der Waals surface area contributed by atoms with Crippen LogP contribution in [0.25, 0.3) is 0 Å². The normalized spacial score (nSPS) is 26.3. The van der Waals surface area contributed by atoms with E-state index < -0.39 is 0 Å². The molecule has 0 spiro atoms. The van der Waals surface area contributed by atoms with Gasteiger partial charge in [0.25, 0.3) is 0 Å². The second-order valence-electron chi connectivity index (χ2n) is 6.55. The van der Waals surface area contributed by atoms with E-state index in [0.29, 0.717) is 11.8 Å². The molecule has 1 fully saturated rings. The Morgan fingerprint density at radius 1 is 1.32 bits per heavy atom. The lowest BCUT2D eigenvalue weighted by molar-refractivity contribution is -0.117. The minimum atomic E-state index is 0.151. The van der Waals surface area contributed by atoms with Crippen molar-refractivity contribution >= 4 is 22.4 Å². The Bertz CT molecular complexity index is 694. The van der Waals surface area contributed by atoms with Crippen LogP contribution in [-0.4, -0.2) is 10.9 Å². The zero-order valence-corrected chi connectivity index (χ0v) is 13.5. The molecule has 0 aliphatic heterocycles. The van der Waals surface area contributed by atoms with Crippen LogP contribution < -0.4 is 5.32 Å². The third-order valence-corrected chi connectivity index (χ3v) is 5.92. The van der Waals surface area contributed by atoms with Crippen LogP contribution in [0.5, 0.6) is 0 Å². The molecule has 4 heteroatoms. The van der Waals surface area contributed by atoms with Gasteiger partial charge in [0.05, 0.1) is 5.69 Å². The van der Waals surface area contributed by atoms with Gasteiger partial charge in [0.1, 0.15) is 0 Å². The molecule has 1 heterocycles. The number of aryl methyl sites for hydroxylation is 1. The maximum atomic E-state index is 12.0. The van der Waals surface area contributed by atoms with E-state index >= 15 is 0 Å². The van der Waals surface area contributed by atoms with Crippen LogP contribution in [0.3, 0.4) is 0 Å². The van der Waals surface area contributed by atoms with Crippen LogP contribution in [0.15, 0.2) is 30.3 Å². The molecule has 22 heavy (non-hydrogen) atoms. The molecule has 2 aliphatic rings. The first-order chi connectivity index (χ1) is 10.7. The number of nitrogens with one attached hydrogen (secondary N) is 1. The van der Waals surface area contributed by atoms with Crippen molar-refractivity contribution in [2.45, 2.75) is 38.5 Å². The Labute approximate surface area is 134 Å². The summed E-state index contributed by atoms with van der Waals surface area (Å²) in [6.45, 7) is 2.13. The number of rotatable bonds is 3. The number of carbonyl (C=O) groups excluding carboxylic acids is 1. The quantitative estimate of drug-likeness (QED) is 0.930. The van der Waals surface area contributed by atoms with Gasteiger partial charge >= 0.3 is 0 Å². The zero-order valence-electron chi connectivity index (χ0n) is 12.7. The summed E-state index contributed by atoms with van der Waals surface area (Å²) in [5.41, 5.74) is 2.61. The predicted molar refractivity (Wildman–Crippen MR) is 89.2 cm³/mol. The third-order valence-electron chi connectivity index (χ3n) is 4.89. The van der Waals surface area contributed by atoms with Crippen molar-refractivity contribution in [3.8, 4) is 0 Å². The summed E-state index contributed by atoms with van der Waals surface area (Å²) in [7, 11) is 0. The van der Waals surface area contributed by atoms with Crippen molar-refractivity contribution in [2.24, 2.45) is 11.8 Å². The van der Waals surface area contributed by atoms with Gasteiger partial charge in [0.15, 0.2) is 5.13 Å². The van der Waals surface area contributed by atoms with Crippen molar-refractivity contribution in [3.63, 3.8) is 0 Å².